The van der Waals surface area contributed by atoms with E-state index in [0.717, 1.165) is 36.6 Å². The van der Waals surface area contributed by atoms with E-state index in [1.807, 2.05) is 43.9 Å². The molecule has 0 saturated carbocycles. The van der Waals surface area contributed by atoms with Gasteiger partial charge in [0, 0.05) is 12.7 Å². The fraction of sp³-hybridized carbons (Fsp3) is 0.556. The van der Waals surface area contributed by atoms with Crippen LogP contribution in [0, 0.1) is 0 Å². The molecule has 4 rings (SSSR count). The lowest BCUT2D eigenvalue weighted by molar-refractivity contribution is -0.0181. The largest absolute Gasteiger partial charge is 0.444 e. The summed E-state index contributed by atoms with van der Waals surface area (Å²) in [5, 5.41) is 8.77. The standard InChI is InChI=1S/C18H23N5O2/c1-18(2,3)25-17(24)23-12-7-6-9-14(23)16-21-20-15(22(16)11-12)13-8-4-5-10-19-13/h4-5,8,10,12,14H,6-7,9,11H2,1-3H3/t12-,14+/m1/s1. The van der Waals surface area contributed by atoms with E-state index < -0.39 is 5.60 Å². The third-order valence-corrected chi connectivity index (χ3v) is 4.71. The third kappa shape index (κ3) is 2.88. The molecule has 0 aliphatic carbocycles. The molecule has 7 heteroatoms. The van der Waals surface area contributed by atoms with Crippen LogP contribution in [-0.4, -0.2) is 42.4 Å². The van der Waals surface area contributed by atoms with Crippen LogP contribution in [0.3, 0.4) is 0 Å². The second-order valence-corrected chi connectivity index (χ2v) is 7.70. The van der Waals surface area contributed by atoms with Gasteiger partial charge in [0.05, 0.1) is 12.1 Å². The van der Waals surface area contributed by atoms with Crippen molar-refractivity contribution in [3.63, 3.8) is 0 Å². The van der Waals surface area contributed by atoms with Crippen LogP contribution in [0.15, 0.2) is 24.4 Å². The first-order chi connectivity index (χ1) is 11.9. The van der Waals surface area contributed by atoms with Gasteiger partial charge < -0.3 is 9.30 Å². The molecule has 2 aromatic heterocycles. The van der Waals surface area contributed by atoms with E-state index in [9.17, 15) is 4.79 Å². The first-order valence-electron chi connectivity index (χ1n) is 8.80. The lowest BCUT2D eigenvalue weighted by Gasteiger charge is -2.45. The molecule has 0 spiro atoms. The van der Waals surface area contributed by atoms with Crippen molar-refractivity contribution in [1.82, 2.24) is 24.6 Å². The topological polar surface area (TPSA) is 73.1 Å². The number of hydrogen-bond donors (Lipinski definition) is 0. The van der Waals surface area contributed by atoms with Crippen LogP contribution in [0.5, 0.6) is 0 Å². The summed E-state index contributed by atoms with van der Waals surface area (Å²) in [6.45, 7) is 6.37. The summed E-state index contributed by atoms with van der Waals surface area (Å²) in [4.78, 5) is 19.0. The summed E-state index contributed by atoms with van der Waals surface area (Å²) < 4.78 is 7.76. The smallest absolute Gasteiger partial charge is 0.411 e. The number of fused-ring (bicyclic) bond motifs is 4. The Hall–Kier alpha value is -2.44. The number of ether oxygens (including phenoxy) is 1. The zero-order chi connectivity index (χ0) is 17.6. The van der Waals surface area contributed by atoms with Crippen molar-refractivity contribution in [1.29, 1.82) is 0 Å². The monoisotopic (exact) mass is 341 g/mol. The minimum atomic E-state index is -0.504. The van der Waals surface area contributed by atoms with E-state index >= 15 is 0 Å². The maximum Gasteiger partial charge on any atom is 0.411 e. The van der Waals surface area contributed by atoms with Gasteiger partial charge in [0.15, 0.2) is 11.6 Å². The predicted octanol–water partition coefficient (Wildman–Crippen LogP) is 3.18. The molecule has 2 aliphatic rings. The Morgan fingerprint density at radius 1 is 1.24 bits per heavy atom. The average molecular weight is 341 g/mol. The van der Waals surface area contributed by atoms with Crippen LogP contribution in [0.1, 0.15) is 51.9 Å². The van der Waals surface area contributed by atoms with Crippen LogP contribution < -0.4 is 0 Å². The molecule has 2 atom stereocenters. The second-order valence-electron chi connectivity index (χ2n) is 7.70. The van der Waals surface area contributed by atoms with Crippen molar-refractivity contribution in [3.05, 3.63) is 30.2 Å². The Labute approximate surface area is 147 Å². The van der Waals surface area contributed by atoms with Gasteiger partial charge >= 0.3 is 6.09 Å². The number of piperidine rings is 1. The molecule has 132 valence electrons. The molecule has 4 heterocycles. The summed E-state index contributed by atoms with van der Waals surface area (Å²) in [5.41, 5.74) is 0.306. The Kier molecular flexibility index (Phi) is 3.74. The van der Waals surface area contributed by atoms with E-state index in [4.69, 9.17) is 4.74 Å². The second kappa shape index (κ2) is 5.82. The highest BCUT2D eigenvalue weighted by atomic mass is 16.6. The SMILES string of the molecule is CC(C)(C)OC(=O)N1[C@@H]2CCC[C@H]1c1nnc(-c3ccccn3)n1C2. The van der Waals surface area contributed by atoms with Gasteiger partial charge in [0.2, 0.25) is 0 Å². The fourth-order valence-corrected chi connectivity index (χ4v) is 3.74. The molecule has 2 aromatic rings. The molecule has 0 N–H and O–H groups in total. The minimum Gasteiger partial charge on any atom is -0.444 e. The lowest BCUT2D eigenvalue weighted by atomic mass is 9.92. The third-order valence-electron chi connectivity index (χ3n) is 4.71. The van der Waals surface area contributed by atoms with Crippen LogP contribution in [0.2, 0.25) is 0 Å². The molecular weight excluding hydrogens is 318 g/mol. The zero-order valence-electron chi connectivity index (χ0n) is 14.8. The minimum absolute atomic E-state index is 0.0766. The van der Waals surface area contributed by atoms with Gasteiger partial charge in [-0.3, -0.25) is 9.88 Å². The van der Waals surface area contributed by atoms with Crippen molar-refractivity contribution in [2.45, 2.75) is 64.3 Å². The predicted molar refractivity (Wildman–Crippen MR) is 91.7 cm³/mol. The Morgan fingerprint density at radius 3 is 2.80 bits per heavy atom. The van der Waals surface area contributed by atoms with E-state index in [2.05, 4.69) is 19.7 Å². The number of hydrogen-bond acceptors (Lipinski definition) is 5. The van der Waals surface area contributed by atoms with Gasteiger partial charge in [-0.2, -0.15) is 0 Å². The number of nitrogens with zero attached hydrogens (tertiary/aromatic N) is 5. The van der Waals surface area contributed by atoms with Crippen LogP contribution in [-0.2, 0) is 11.3 Å². The molecule has 0 aromatic carbocycles. The first-order valence-corrected chi connectivity index (χ1v) is 8.80. The summed E-state index contributed by atoms with van der Waals surface area (Å²) in [6.07, 6.45) is 4.44. The van der Waals surface area contributed by atoms with E-state index in [0.29, 0.717) is 6.54 Å². The normalized spacial score (nSPS) is 22.4. The van der Waals surface area contributed by atoms with Crippen molar-refractivity contribution < 1.29 is 9.53 Å². The van der Waals surface area contributed by atoms with Crippen molar-refractivity contribution in [2.75, 3.05) is 0 Å². The molecule has 2 aliphatic heterocycles. The van der Waals surface area contributed by atoms with E-state index in [1.54, 1.807) is 6.20 Å². The van der Waals surface area contributed by atoms with Crippen LogP contribution >= 0.6 is 0 Å². The summed E-state index contributed by atoms with van der Waals surface area (Å²) in [7, 11) is 0. The lowest BCUT2D eigenvalue weighted by Crippen LogP contribution is -2.53. The molecule has 1 saturated heterocycles. The van der Waals surface area contributed by atoms with Gasteiger partial charge in [-0.1, -0.05) is 6.07 Å². The highest BCUT2D eigenvalue weighted by molar-refractivity contribution is 5.69. The van der Waals surface area contributed by atoms with Gasteiger partial charge in [0.25, 0.3) is 0 Å². The van der Waals surface area contributed by atoms with Crippen LogP contribution in [0.4, 0.5) is 4.79 Å². The van der Waals surface area contributed by atoms with Crippen LogP contribution in [0.25, 0.3) is 11.5 Å². The summed E-state index contributed by atoms with van der Waals surface area (Å²) >= 11 is 0. The Morgan fingerprint density at radius 2 is 2.08 bits per heavy atom. The molecule has 1 amide bonds. The molecule has 1 fully saturated rings. The molecule has 2 bridgehead atoms. The maximum absolute atomic E-state index is 12.7. The average Bonchev–Trinajstić information content (AvgIpc) is 2.97. The fourth-order valence-electron chi connectivity index (χ4n) is 3.74. The van der Waals surface area contributed by atoms with Crippen molar-refractivity contribution >= 4 is 6.09 Å². The maximum atomic E-state index is 12.7. The molecule has 7 nitrogen and oxygen atoms in total. The highest BCUT2D eigenvalue weighted by Crippen LogP contribution is 2.40. The number of carbonyl (C=O) groups excluding carboxylic acids is 1. The summed E-state index contributed by atoms with van der Waals surface area (Å²) in [5.74, 6) is 1.61. The number of rotatable bonds is 1. The molecule has 0 radical (unpaired) electrons. The van der Waals surface area contributed by atoms with Gasteiger partial charge in [0.1, 0.15) is 11.3 Å². The Bertz CT molecular complexity index is 781. The number of pyridine rings is 1. The molecular formula is C18H23N5O2. The Balaban J connectivity index is 1.70. The number of aromatic nitrogens is 4. The van der Waals surface area contributed by atoms with Gasteiger partial charge in [-0.25, -0.2) is 4.79 Å². The van der Waals surface area contributed by atoms with E-state index in [-0.39, 0.29) is 18.2 Å². The molecule has 0 unspecified atom stereocenters. The molecule has 25 heavy (non-hydrogen) atoms. The quantitative estimate of drug-likeness (QED) is 0.796. The van der Waals surface area contributed by atoms with Crippen molar-refractivity contribution in [2.24, 2.45) is 0 Å². The summed E-state index contributed by atoms with van der Waals surface area (Å²) in [6, 6.07) is 5.80. The van der Waals surface area contributed by atoms with E-state index in [1.165, 1.54) is 0 Å². The number of amides is 1. The number of carbonyl (C=O) groups is 1. The zero-order valence-corrected chi connectivity index (χ0v) is 14.8. The van der Waals surface area contributed by atoms with Gasteiger partial charge in [-0.15, -0.1) is 10.2 Å². The van der Waals surface area contributed by atoms with Gasteiger partial charge in [-0.05, 0) is 52.2 Å². The first kappa shape index (κ1) is 16.1. The van der Waals surface area contributed by atoms with Crippen molar-refractivity contribution in [3.8, 4) is 11.5 Å². The highest BCUT2D eigenvalue weighted by Gasteiger charge is 2.44.